The molecule has 2 aliphatic carbocycles. The van der Waals surface area contributed by atoms with Crippen LogP contribution in [0.4, 0.5) is 22.0 Å². The number of allylic oxidation sites excluding steroid dienone is 3. The van der Waals surface area contributed by atoms with Crippen LogP contribution in [-0.2, 0) is 4.74 Å². The van der Waals surface area contributed by atoms with Gasteiger partial charge >= 0.3 is 6.11 Å². The fourth-order valence-corrected chi connectivity index (χ4v) is 4.79. The molecule has 2 aliphatic rings. The van der Waals surface area contributed by atoms with E-state index in [1.807, 2.05) is 0 Å². The lowest BCUT2D eigenvalue weighted by Crippen LogP contribution is -2.39. The smallest absolute Gasteiger partial charge is 0.400 e. The Morgan fingerprint density at radius 1 is 1.07 bits per heavy atom. The van der Waals surface area contributed by atoms with Gasteiger partial charge in [0.15, 0.2) is 0 Å². The van der Waals surface area contributed by atoms with E-state index in [0.717, 1.165) is 52.0 Å². The van der Waals surface area contributed by atoms with E-state index in [4.69, 9.17) is 4.74 Å². The second-order valence-electron chi connectivity index (χ2n) is 8.55. The average Bonchev–Trinajstić information content (AvgIpc) is 2.60. The first-order chi connectivity index (χ1) is 13.1. The number of hydrogen-bond acceptors (Lipinski definition) is 1. The van der Waals surface area contributed by atoms with Gasteiger partial charge in [0.2, 0.25) is 0 Å². The van der Waals surface area contributed by atoms with Gasteiger partial charge in [-0.15, -0.1) is 0 Å². The van der Waals surface area contributed by atoms with Crippen molar-refractivity contribution in [2.24, 2.45) is 23.7 Å². The molecule has 0 spiro atoms. The van der Waals surface area contributed by atoms with Gasteiger partial charge in [0.05, 0.1) is 5.92 Å². The Morgan fingerprint density at radius 2 is 1.71 bits per heavy atom. The molecule has 0 aromatic carbocycles. The van der Waals surface area contributed by atoms with E-state index in [1.165, 1.54) is 6.42 Å². The Kier molecular flexibility index (Phi) is 8.38. The monoisotopic (exact) mass is 408 g/mol. The molecule has 1 nitrogen and oxygen atoms in total. The highest BCUT2D eigenvalue weighted by Crippen LogP contribution is 2.49. The summed E-state index contributed by atoms with van der Waals surface area (Å²) in [5, 5.41) is 0. The van der Waals surface area contributed by atoms with Crippen molar-refractivity contribution in [1.82, 2.24) is 0 Å². The van der Waals surface area contributed by atoms with Crippen LogP contribution in [0.15, 0.2) is 23.7 Å². The fraction of sp³-hybridized carbons (Fsp3) is 0.818. The SMILES string of the molecule is CCCC1CCC2CC(C(F)(F)OC(=C/C(C)F)/C=C(/F)C(C)F)CCC2C1. The van der Waals surface area contributed by atoms with E-state index in [-0.39, 0.29) is 5.92 Å². The van der Waals surface area contributed by atoms with Crippen molar-refractivity contribution < 1.29 is 26.7 Å². The van der Waals surface area contributed by atoms with Crippen LogP contribution in [0.5, 0.6) is 0 Å². The van der Waals surface area contributed by atoms with Gasteiger partial charge in [-0.2, -0.15) is 8.78 Å². The molecule has 0 aliphatic heterocycles. The number of rotatable bonds is 8. The second kappa shape index (κ2) is 10.1. The third-order valence-electron chi connectivity index (χ3n) is 6.20. The maximum Gasteiger partial charge on any atom is 0.400 e. The van der Waals surface area contributed by atoms with Crippen molar-refractivity contribution in [3.8, 4) is 0 Å². The summed E-state index contributed by atoms with van der Waals surface area (Å²) in [6.07, 6.45) is 1.09. The predicted molar refractivity (Wildman–Crippen MR) is 101 cm³/mol. The second-order valence-corrected chi connectivity index (χ2v) is 8.55. The number of ether oxygens (including phenoxy) is 1. The molecule has 2 saturated carbocycles. The third kappa shape index (κ3) is 6.48. The van der Waals surface area contributed by atoms with E-state index < -0.39 is 36.0 Å². The van der Waals surface area contributed by atoms with Gasteiger partial charge in [-0.3, -0.25) is 0 Å². The Labute approximate surface area is 165 Å². The van der Waals surface area contributed by atoms with Crippen molar-refractivity contribution in [2.75, 3.05) is 0 Å². The van der Waals surface area contributed by atoms with Crippen LogP contribution in [0.1, 0.15) is 72.1 Å². The zero-order chi connectivity index (χ0) is 20.9. The molecule has 6 atom stereocenters. The molecule has 162 valence electrons. The summed E-state index contributed by atoms with van der Waals surface area (Å²) >= 11 is 0. The van der Waals surface area contributed by atoms with Crippen molar-refractivity contribution >= 4 is 0 Å². The minimum atomic E-state index is -3.54. The number of fused-ring (bicyclic) bond motifs is 1. The molecule has 0 amide bonds. The van der Waals surface area contributed by atoms with Crippen LogP contribution in [0.25, 0.3) is 0 Å². The molecule has 28 heavy (non-hydrogen) atoms. The molecular weight excluding hydrogens is 375 g/mol. The lowest BCUT2D eigenvalue weighted by Gasteiger charge is -2.43. The lowest BCUT2D eigenvalue weighted by molar-refractivity contribution is -0.258. The Bertz CT molecular complexity index is 555. The summed E-state index contributed by atoms with van der Waals surface area (Å²) in [6.45, 7) is 4.23. The molecular formula is C22H33F5O. The maximum absolute atomic E-state index is 14.8. The van der Waals surface area contributed by atoms with Gasteiger partial charge in [0.25, 0.3) is 0 Å². The van der Waals surface area contributed by atoms with Crippen LogP contribution >= 0.6 is 0 Å². The third-order valence-corrected chi connectivity index (χ3v) is 6.20. The van der Waals surface area contributed by atoms with E-state index in [1.54, 1.807) is 0 Å². The molecule has 0 heterocycles. The molecule has 0 radical (unpaired) electrons. The van der Waals surface area contributed by atoms with Crippen molar-refractivity contribution in [1.29, 1.82) is 0 Å². The van der Waals surface area contributed by atoms with Gasteiger partial charge in [-0.1, -0.05) is 26.2 Å². The van der Waals surface area contributed by atoms with E-state index >= 15 is 0 Å². The molecule has 0 bridgehead atoms. The zero-order valence-corrected chi connectivity index (χ0v) is 17.1. The van der Waals surface area contributed by atoms with Gasteiger partial charge in [0.1, 0.15) is 23.9 Å². The van der Waals surface area contributed by atoms with E-state index in [2.05, 4.69) is 6.92 Å². The summed E-state index contributed by atoms with van der Waals surface area (Å²) in [5.41, 5.74) is 0. The molecule has 2 fully saturated rings. The first-order valence-corrected chi connectivity index (χ1v) is 10.6. The van der Waals surface area contributed by atoms with Crippen LogP contribution in [-0.4, -0.2) is 18.5 Å². The average molecular weight is 408 g/mol. The summed E-state index contributed by atoms with van der Waals surface area (Å²) in [6, 6.07) is 0. The first-order valence-electron chi connectivity index (χ1n) is 10.6. The van der Waals surface area contributed by atoms with E-state index in [9.17, 15) is 22.0 Å². The molecule has 2 rings (SSSR count). The zero-order valence-electron chi connectivity index (χ0n) is 17.1. The number of alkyl halides is 4. The van der Waals surface area contributed by atoms with Crippen molar-refractivity contribution in [3.63, 3.8) is 0 Å². The summed E-state index contributed by atoms with van der Waals surface area (Å²) in [5.74, 6) is -1.46. The van der Waals surface area contributed by atoms with Crippen molar-refractivity contribution in [3.05, 3.63) is 23.7 Å². The van der Waals surface area contributed by atoms with Crippen LogP contribution in [0.3, 0.4) is 0 Å². The molecule has 0 aromatic heterocycles. The topological polar surface area (TPSA) is 9.23 Å². The maximum atomic E-state index is 14.8. The van der Waals surface area contributed by atoms with Crippen LogP contribution in [0, 0.1) is 23.7 Å². The number of hydrogen-bond donors (Lipinski definition) is 0. The quantitative estimate of drug-likeness (QED) is 0.227. The summed E-state index contributed by atoms with van der Waals surface area (Å²) in [7, 11) is 0. The molecule has 6 heteroatoms. The highest BCUT2D eigenvalue weighted by Gasteiger charge is 2.48. The largest absolute Gasteiger partial charge is 0.433 e. The number of halogens is 5. The van der Waals surface area contributed by atoms with E-state index in [0.29, 0.717) is 30.8 Å². The molecule has 0 N–H and O–H groups in total. The van der Waals surface area contributed by atoms with Crippen molar-refractivity contribution in [2.45, 2.75) is 90.6 Å². The Morgan fingerprint density at radius 3 is 2.32 bits per heavy atom. The Hall–Kier alpha value is -1.07. The van der Waals surface area contributed by atoms with Gasteiger partial charge in [-0.25, -0.2) is 13.2 Å². The Balaban J connectivity index is 2.04. The normalized spacial score (nSPS) is 31.9. The molecule has 6 unspecified atom stereocenters. The van der Waals surface area contributed by atoms with Gasteiger partial charge in [-0.05, 0) is 69.8 Å². The van der Waals surface area contributed by atoms with Crippen LogP contribution in [0.2, 0.25) is 0 Å². The highest BCUT2D eigenvalue weighted by atomic mass is 19.3. The lowest BCUT2D eigenvalue weighted by atomic mass is 9.64. The molecule has 0 aromatic rings. The predicted octanol–water partition coefficient (Wildman–Crippen LogP) is 7.68. The standard InChI is InChI=1S/C22H33F5O/c1-4-5-16-6-7-18-12-19(9-8-17(18)11-16)22(26,27)28-20(10-14(2)23)13-21(25)15(3)24/h10,13-19H,4-9,11-12H2,1-3H3/b20-10+,21-13+. The van der Waals surface area contributed by atoms with Crippen LogP contribution < -0.4 is 0 Å². The van der Waals surface area contributed by atoms with Gasteiger partial charge in [0, 0.05) is 6.08 Å². The van der Waals surface area contributed by atoms with Gasteiger partial charge < -0.3 is 4.74 Å². The summed E-state index contributed by atoms with van der Waals surface area (Å²) in [4.78, 5) is 0. The summed E-state index contributed by atoms with van der Waals surface area (Å²) < 4.78 is 74.2. The highest BCUT2D eigenvalue weighted by molar-refractivity contribution is 5.18. The minimum absolute atomic E-state index is 0.256. The fourth-order valence-electron chi connectivity index (χ4n) is 4.79. The molecule has 0 saturated heterocycles. The first kappa shape index (κ1) is 23.2. The minimum Gasteiger partial charge on any atom is -0.433 e.